The van der Waals surface area contributed by atoms with Crippen LogP contribution in [0.4, 0.5) is 5.69 Å². The summed E-state index contributed by atoms with van der Waals surface area (Å²) in [6, 6.07) is 51.8. The number of benzene rings is 5. The Balaban J connectivity index is 0.000000163. The number of aryl methyl sites for hydroxylation is 1. The quantitative estimate of drug-likeness (QED) is 0.175. The van der Waals surface area contributed by atoms with E-state index in [0.717, 1.165) is 31.6 Å². The zero-order valence-electron chi connectivity index (χ0n) is 26.4. The molecule has 1 atom stereocenters. The van der Waals surface area contributed by atoms with Crippen LogP contribution in [0.1, 0.15) is 18.4 Å². The largest absolute Gasteiger partial charge is 0.378 e. The van der Waals surface area contributed by atoms with Crippen molar-refractivity contribution in [2.75, 3.05) is 37.7 Å². The van der Waals surface area contributed by atoms with Gasteiger partial charge >= 0.3 is 0 Å². The molecule has 230 valence electrons. The Kier molecular flexibility index (Phi) is 9.65. The van der Waals surface area contributed by atoms with Crippen LogP contribution in [-0.4, -0.2) is 49.1 Å². The molecule has 6 heteroatoms. The van der Waals surface area contributed by atoms with Crippen molar-refractivity contribution in [3.8, 4) is 0 Å². The highest BCUT2D eigenvalue weighted by Gasteiger charge is 2.56. The average Bonchev–Trinajstić information content (AvgIpc) is 3.98. The van der Waals surface area contributed by atoms with Crippen LogP contribution in [0.15, 0.2) is 146 Å². The minimum Gasteiger partial charge on any atom is -0.378 e. The Hall–Kier alpha value is -3.97. The molecule has 2 fully saturated rings. The molecule has 0 spiro atoms. The maximum Gasteiger partial charge on any atom is 0.257 e. The molecule has 1 saturated heterocycles. The van der Waals surface area contributed by atoms with Crippen LogP contribution in [0.5, 0.6) is 0 Å². The third-order valence-corrected chi connectivity index (χ3v) is 12.7. The molecule has 0 bridgehead atoms. The van der Waals surface area contributed by atoms with Crippen LogP contribution in [0.25, 0.3) is 0 Å². The van der Waals surface area contributed by atoms with Gasteiger partial charge in [0, 0.05) is 12.8 Å². The first-order valence-corrected chi connectivity index (χ1v) is 17.6. The molecule has 1 saturated carbocycles. The van der Waals surface area contributed by atoms with Crippen molar-refractivity contribution in [2.45, 2.75) is 25.0 Å². The van der Waals surface area contributed by atoms with E-state index in [9.17, 15) is 4.21 Å². The van der Waals surface area contributed by atoms with Crippen LogP contribution in [-0.2, 0) is 19.3 Å². The van der Waals surface area contributed by atoms with Crippen molar-refractivity contribution in [3.05, 3.63) is 151 Å². The number of ether oxygens (including phenoxy) is 1. The number of rotatable bonds is 8. The van der Waals surface area contributed by atoms with Crippen molar-refractivity contribution in [1.82, 2.24) is 4.31 Å². The second-order valence-corrected chi connectivity index (χ2v) is 14.9. The van der Waals surface area contributed by atoms with E-state index in [-0.39, 0.29) is 0 Å². The van der Waals surface area contributed by atoms with Gasteiger partial charge in [-0.1, -0.05) is 148 Å². The van der Waals surface area contributed by atoms with Crippen molar-refractivity contribution in [2.24, 2.45) is 0 Å². The molecule has 4 nitrogen and oxygen atoms in total. The molecule has 5 aromatic rings. The fourth-order valence-corrected chi connectivity index (χ4v) is 9.88. The summed E-state index contributed by atoms with van der Waals surface area (Å²) in [7, 11) is -0.181. The molecule has 1 heterocycles. The van der Waals surface area contributed by atoms with Gasteiger partial charge in [0.1, 0.15) is 6.15 Å². The van der Waals surface area contributed by atoms with Gasteiger partial charge in [0.15, 0.2) is 5.25 Å². The summed E-state index contributed by atoms with van der Waals surface area (Å²) in [5.41, 5.74) is 7.62. The van der Waals surface area contributed by atoms with Gasteiger partial charge < -0.3 is 4.74 Å². The second kappa shape index (κ2) is 14.0. The van der Waals surface area contributed by atoms with Crippen LogP contribution in [0, 0.1) is 6.92 Å². The van der Waals surface area contributed by atoms with Crippen LogP contribution < -0.4 is 26.2 Å². The van der Waals surface area contributed by atoms with Crippen LogP contribution in [0.3, 0.4) is 0 Å². The molecule has 0 aromatic heterocycles. The summed E-state index contributed by atoms with van der Waals surface area (Å²) < 4.78 is 23.3. The summed E-state index contributed by atoms with van der Waals surface area (Å²) >= 11 is 0. The Morgan fingerprint density at radius 2 is 1.00 bits per heavy atom. The highest BCUT2D eigenvalue weighted by molar-refractivity contribution is 8.02. The lowest BCUT2D eigenvalue weighted by molar-refractivity contribution is 0.0734. The smallest absolute Gasteiger partial charge is 0.257 e. The van der Waals surface area contributed by atoms with E-state index in [2.05, 4.69) is 157 Å². The highest BCUT2D eigenvalue weighted by atomic mass is 32.3. The van der Waals surface area contributed by atoms with Gasteiger partial charge in [-0.2, -0.15) is 26.2 Å². The fraction of sp³-hybridized carbons (Fsp3) is 0.231. The van der Waals surface area contributed by atoms with Gasteiger partial charge in [-0.15, -0.1) is 0 Å². The van der Waals surface area contributed by atoms with E-state index >= 15 is 0 Å². The molecule has 2 aliphatic rings. The lowest BCUT2D eigenvalue weighted by atomic mass is 9.13. The Bertz CT molecular complexity index is 1510. The van der Waals surface area contributed by atoms with Gasteiger partial charge in [-0.05, 0) is 19.1 Å². The second-order valence-electron chi connectivity index (χ2n) is 12.1. The molecular formula is C39H43BN2O2S. The minimum atomic E-state index is -2.15. The molecule has 1 aliphatic heterocycles. The number of hydrogen-bond acceptors (Lipinski definition) is 2. The predicted octanol–water partition coefficient (Wildman–Crippen LogP) is 5.32. The van der Waals surface area contributed by atoms with E-state index in [1.165, 1.54) is 27.4 Å². The van der Waals surface area contributed by atoms with E-state index in [1.807, 2.05) is 11.4 Å². The molecule has 0 radical (unpaired) electrons. The Morgan fingerprint density at radius 1 is 0.622 bits per heavy atom. The molecule has 0 amide bonds. The number of anilines is 1. The first kappa shape index (κ1) is 31.0. The number of morpholine rings is 1. The van der Waals surface area contributed by atoms with Crippen LogP contribution in [0.2, 0.25) is 0 Å². The minimum absolute atomic E-state index is 0.312. The average molecular weight is 615 g/mol. The topological polar surface area (TPSA) is 32.8 Å². The van der Waals surface area contributed by atoms with Crippen LogP contribution >= 0.6 is 0 Å². The third kappa shape index (κ3) is 6.41. The van der Waals surface area contributed by atoms with E-state index in [4.69, 9.17) is 4.74 Å². The normalized spacial score (nSPS) is 16.6. The first-order chi connectivity index (χ1) is 22.0. The standard InChI is InChI=1S/C24H20B.C15H23N2O2S/c1-5-13-21(14-6-1)25(22-15-7-2-8-16-22,23-17-9-3-10-18-23)24-19-11-4-12-20-24;1-13-3-5-14(6-4-13)16(2)20(18,15-7-8-15)17-9-11-19-12-10-17/h1-20H;3-6,15H,7-12H2,1-2H3/q-1;+1. The van der Waals surface area contributed by atoms with Gasteiger partial charge in [0.2, 0.25) is 0 Å². The summed E-state index contributed by atoms with van der Waals surface area (Å²) in [4.78, 5) is 0. The molecular weight excluding hydrogens is 571 g/mol. The molecule has 5 aromatic carbocycles. The summed E-state index contributed by atoms with van der Waals surface area (Å²) in [6.07, 6.45) is 0.936. The molecule has 1 aliphatic carbocycles. The summed E-state index contributed by atoms with van der Waals surface area (Å²) in [5, 5.41) is 0.312. The SMILES string of the molecule is Cc1ccc(N(C)[S+](=O)(C2CC2)N2CCOCC2)cc1.c1ccc([B-](c2ccccc2)(c2ccccc2)c2ccccc2)cc1. The Morgan fingerprint density at radius 3 is 1.36 bits per heavy atom. The third-order valence-electron chi connectivity index (χ3n) is 9.29. The maximum absolute atomic E-state index is 13.7. The molecule has 45 heavy (non-hydrogen) atoms. The number of nitrogens with zero attached hydrogens (tertiary/aromatic N) is 2. The van der Waals surface area contributed by atoms with Crippen molar-refractivity contribution in [3.63, 3.8) is 0 Å². The van der Waals surface area contributed by atoms with Crippen molar-refractivity contribution < 1.29 is 8.95 Å². The fourth-order valence-electron chi connectivity index (χ4n) is 6.82. The molecule has 7 rings (SSSR count). The van der Waals surface area contributed by atoms with E-state index in [0.29, 0.717) is 18.5 Å². The van der Waals surface area contributed by atoms with E-state index in [1.54, 1.807) is 0 Å². The highest BCUT2D eigenvalue weighted by Crippen LogP contribution is 2.40. The maximum atomic E-state index is 13.7. The lowest BCUT2D eigenvalue weighted by Crippen LogP contribution is -2.74. The van der Waals surface area contributed by atoms with Gasteiger partial charge in [0.05, 0.1) is 39.0 Å². The van der Waals surface area contributed by atoms with Crippen molar-refractivity contribution >= 4 is 44.0 Å². The predicted molar refractivity (Wildman–Crippen MR) is 193 cm³/mol. The summed E-state index contributed by atoms with van der Waals surface area (Å²) in [5.74, 6) is 0. The number of hydrogen-bond donors (Lipinski definition) is 0. The zero-order valence-corrected chi connectivity index (χ0v) is 27.2. The zero-order chi connectivity index (χ0) is 31.1. The molecule has 1 unspecified atom stereocenters. The van der Waals surface area contributed by atoms with Crippen molar-refractivity contribution in [1.29, 1.82) is 0 Å². The van der Waals surface area contributed by atoms with E-state index < -0.39 is 16.5 Å². The van der Waals surface area contributed by atoms with Gasteiger partial charge in [-0.25, -0.2) is 0 Å². The molecule has 0 N–H and O–H groups in total. The lowest BCUT2D eigenvalue weighted by Gasteiger charge is -2.44. The van der Waals surface area contributed by atoms with Gasteiger partial charge in [-0.3, -0.25) is 0 Å². The first-order valence-electron chi connectivity index (χ1n) is 16.1. The Labute approximate surface area is 270 Å². The monoisotopic (exact) mass is 614 g/mol. The summed E-state index contributed by atoms with van der Waals surface area (Å²) in [6.45, 7) is 4.98. The van der Waals surface area contributed by atoms with Gasteiger partial charge in [0.25, 0.3) is 10.3 Å².